The number of likely N-dealkylation sites (tertiary alicyclic amines) is 1. The lowest BCUT2D eigenvalue weighted by atomic mass is 9.65. The highest BCUT2D eigenvalue weighted by molar-refractivity contribution is 5.73. The van der Waals surface area contributed by atoms with Crippen LogP contribution >= 0.6 is 0 Å². The molecule has 1 aliphatic carbocycles. The Morgan fingerprint density at radius 3 is 2.53 bits per heavy atom. The van der Waals surface area contributed by atoms with Crippen molar-refractivity contribution in [1.29, 1.82) is 0 Å². The Kier molecular flexibility index (Phi) is 3.03. The van der Waals surface area contributed by atoms with E-state index in [4.69, 9.17) is 0 Å². The molecule has 2 nitrogen and oxygen atoms in total. The molecule has 0 radical (unpaired) electrons. The fourth-order valence-electron chi connectivity index (χ4n) is 3.87. The van der Waals surface area contributed by atoms with Gasteiger partial charge in [0, 0.05) is 20.0 Å². The predicted molar refractivity (Wildman–Crippen MR) is 61.4 cm³/mol. The summed E-state index contributed by atoms with van der Waals surface area (Å²) in [6.07, 6.45) is 4.09. The van der Waals surface area contributed by atoms with E-state index >= 15 is 0 Å². The third-order valence-electron chi connectivity index (χ3n) is 4.50. The van der Waals surface area contributed by atoms with Crippen LogP contribution < -0.4 is 0 Å². The normalized spacial score (nSPS) is 41.1. The monoisotopic (exact) mass is 209 g/mol. The van der Waals surface area contributed by atoms with Crippen molar-refractivity contribution in [2.24, 2.45) is 23.7 Å². The molecule has 86 valence electrons. The highest BCUT2D eigenvalue weighted by Crippen LogP contribution is 2.42. The van der Waals surface area contributed by atoms with Crippen molar-refractivity contribution in [2.45, 2.75) is 40.0 Å². The van der Waals surface area contributed by atoms with Crippen LogP contribution in [-0.2, 0) is 4.79 Å². The Morgan fingerprint density at radius 1 is 1.13 bits per heavy atom. The molecule has 2 heteroatoms. The summed E-state index contributed by atoms with van der Waals surface area (Å²) in [5.74, 6) is 3.48. The molecule has 0 aromatic rings. The number of carbonyl (C=O) groups is 1. The first-order valence-corrected chi connectivity index (χ1v) is 6.35. The van der Waals surface area contributed by atoms with Crippen LogP contribution in [0.25, 0.3) is 0 Å². The molecular weight excluding hydrogens is 186 g/mol. The summed E-state index contributed by atoms with van der Waals surface area (Å²) in [4.78, 5) is 13.5. The van der Waals surface area contributed by atoms with E-state index in [0.29, 0.717) is 5.92 Å². The van der Waals surface area contributed by atoms with Crippen molar-refractivity contribution >= 4 is 5.91 Å². The van der Waals surface area contributed by atoms with Gasteiger partial charge in [-0.1, -0.05) is 26.7 Å². The van der Waals surface area contributed by atoms with Gasteiger partial charge in [-0.25, -0.2) is 0 Å². The lowest BCUT2D eigenvalue weighted by Gasteiger charge is -2.48. The highest BCUT2D eigenvalue weighted by atomic mass is 16.2. The van der Waals surface area contributed by atoms with Crippen LogP contribution in [0.5, 0.6) is 0 Å². The molecule has 0 spiro atoms. The Balaban J connectivity index is 2.09. The van der Waals surface area contributed by atoms with E-state index in [1.54, 1.807) is 6.92 Å². The number of carbonyl (C=O) groups excluding carboxylic acids is 1. The van der Waals surface area contributed by atoms with E-state index in [1.165, 1.54) is 19.3 Å². The first-order valence-electron chi connectivity index (χ1n) is 6.35. The van der Waals surface area contributed by atoms with Gasteiger partial charge in [0.2, 0.25) is 5.91 Å². The van der Waals surface area contributed by atoms with Crippen LogP contribution in [0.4, 0.5) is 0 Å². The van der Waals surface area contributed by atoms with Crippen molar-refractivity contribution in [3.8, 4) is 0 Å². The second-order valence-corrected chi connectivity index (χ2v) is 5.65. The van der Waals surface area contributed by atoms with Crippen molar-refractivity contribution < 1.29 is 4.79 Å². The summed E-state index contributed by atoms with van der Waals surface area (Å²) in [6.45, 7) is 8.44. The summed E-state index contributed by atoms with van der Waals surface area (Å²) in [6, 6.07) is 0. The second-order valence-electron chi connectivity index (χ2n) is 5.65. The van der Waals surface area contributed by atoms with E-state index in [9.17, 15) is 4.79 Å². The summed E-state index contributed by atoms with van der Waals surface area (Å²) in [5.41, 5.74) is 0. The Morgan fingerprint density at radius 2 is 1.87 bits per heavy atom. The van der Waals surface area contributed by atoms with Gasteiger partial charge in [-0.15, -0.1) is 0 Å². The molecule has 1 heterocycles. The minimum Gasteiger partial charge on any atom is -0.342 e. The SMILES string of the molecule is CC(=O)N1CC2CCC[C@H](C)C2[C@H](C)C1. The molecule has 4 atom stereocenters. The van der Waals surface area contributed by atoms with Gasteiger partial charge in [0.25, 0.3) is 0 Å². The van der Waals surface area contributed by atoms with Crippen LogP contribution in [0.15, 0.2) is 0 Å². The Hall–Kier alpha value is -0.530. The molecule has 15 heavy (non-hydrogen) atoms. The molecule has 0 bridgehead atoms. The van der Waals surface area contributed by atoms with E-state index < -0.39 is 0 Å². The number of hydrogen-bond acceptors (Lipinski definition) is 1. The number of amides is 1. The van der Waals surface area contributed by atoms with Gasteiger partial charge in [-0.3, -0.25) is 4.79 Å². The van der Waals surface area contributed by atoms with Gasteiger partial charge >= 0.3 is 0 Å². The third-order valence-corrected chi connectivity index (χ3v) is 4.50. The van der Waals surface area contributed by atoms with Crippen LogP contribution in [0.3, 0.4) is 0 Å². The van der Waals surface area contributed by atoms with Crippen molar-refractivity contribution in [1.82, 2.24) is 4.90 Å². The second kappa shape index (κ2) is 4.15. The summed E-state index contributed by atoms with van der Waals surface area (Å²) in [7, 11) is 0. The molecule has 1 saturated carbocycles. The van der Waals surface area contributed by atoms with E-state index in [-0.39, 0.29) is 5.91 Å². The summed E-state index contributed by atoms with van der Waals surface area (Å²) < 4.78 is 0. The number of piperidine rings is 1. The molecule has 1 aliphatic heterocycles. The third kappa shape index (κ3) is 2.04. The highest BCUT2D eigenvalue weighted by Gasteiger charge is 2.39. The zero-order valence-electron chi connectivity index (χ0n) is 10.2. The van der Waals surface area contributed by atoms with Gasteiger partial charge < -0.3 is 4.90 Å². The van der Waals surface area contributed by atoms with Gasteiger partial charge in [0.15, 0.2) is 0 Å². The van der Waals surface area contributed by atoms with E-state index in [1.807, 2.05) is 0 Å². The fourth-order valence-corrected chi connectivity index (χ4v) is 3.87. The number of rotatable bonds is 0. The molecule has 2 unspecified atom stereocenters. The van der Waals surface area contributed by atoms with Crippen LogP contribution in [0.1, 0.15) is 40.0 Å². The van der Waals surface area contributed by atoms with Crippen LogP contribution in [-0.4, -0.2) is 23.9 Å². The molecule has 1 saturated heterocycles. The number of hydrogen-bond donors (Lipinski definition) is 0. The molecule has 2 rings (SSSR count). The Labute approximate surface area is 93.0 Å². The maximum absolute atomic E-state index is 11.4. The average Bonchev–Trinajstić information content (AvgIpc) is 2.17. The zero-order valence-corrected chi connectivity index (χ0v) is 10.2. The minimum atomic E-state index is 0.263. The van der Waals surface area contributed by atoms with Crippen molar-refractivity contribution in [3.05, 3.63) is 0 Å². The number of fused-ring (bicyclic) bond motifs is 1. The maximum Gasteiger partial charge on any atom is 0.219 e. The quantitative estimate of drug-likeness (QED) is 0.600. The van der Waals surface area contributed by atoms with Gasteiger partial charge in [0.05, 0.1) is 0 Å². The standard InChI is InChI=1S/C13H23NO/c1-9-5-4-6-12-8-14(11(3)15)7-10(2)13(9)12/h9-10,12-13H,4-8H2,1-3H3/t9-,10+,12?,13?/m0/s1. The molecular formula is C13H23NO. The van der Waals surface area contributed by atoms with Gasteiger partial charge in [-0.05, 0) is 30.1 Å². The molecule has 2 fully saturated rings. The van der Waals surface area contributed by atoms with Crippen molar-refractivity contribution in [3.63, 3.8) is 0 Å². The van der Waals surface area contributed by atoms with Gasteiger partial charge in [-0.2, -0.15) is 0 Å². The van der Waals surface area contributed by atoms with Crippen LogP contribution in [0.2, 0.25) is 0 Å². The first-order chi connectivity index (χ1) is 7.09. The molecule has 1 amide bonds. The van der Waals surface area contributed by atoms with E-state index in [0.717, 1.165) is 30.8 Å². The largest absolute Gasteiger partial charge is 0.342 e. The Bertz CT molecular complexity index is 251. The van der Waals surface area contributed by atoms with Crippen LogP contribution in [0, 0.1) is 23.7 Å². The molecule has 0 aromatic heterocycles. The topological polar surface area (TPSA) is 20.3 Å². The predicted octanol–water partition coefficient (Wildman–Crippen LogP) is 2.54. The maximum atomic E-state index is 11.4. The summed E-state index contributed by atoms with van der Waals surface area (Å²) in [5, 5.41) is 0. The fraction of sp³-hybridized carbons (Fsp3) is 0.923. The molecule has 0 N–H and O–H groups in total. The lowest BCUT2D eigenvalue weighted by Crippen LogP contribution is -2.50. The molecule has 0 aromatic carbocycles. The molecule has 2 aliphatic rings. The lowest BCUT2D eigenvalue weighted by molar-refractivity contribution is -0.134. The average molecular weight is 209 g/mol. The van der Waals surface area contributed by atoms with E-state index in [2.05, 4.69) is 18.7 Å². The van der Waals surface area contributed by atoms with Gasteiger partial charge in [0.1, 0.15) is 0 Å². The summed E-state index contributed by atoms with van der Waals surface area (Å²) >= 11 is 0. The first kappa shape index (κ1) is 11.0. The number of nitrogens with zero attached hydrogens (tertiary/aromatic N) is 1. The smallest absolute Gasteiger partial charge is 0.219 e. The minimum absolute atomic E-state index is 0.263. The zero-order chi connectivity index (χ0) is 11.0. The van der Waals surface area contributed by atoms with Crippen molar-refractivity contribution in [2.75, 3.05) is 13.1 Å².